The molecule has 7 nitrogen and oxygen atoms in total. The summed E-state index contributed by atoms with van der Waals surface area (Å²) < 4.78 is 26.0. The van der Waals surface area contributed by atoms with Crippen LogP contribution >= 0.6 is 0 Å². The molecular formula is C21H28N4O3S. The van der Waals surface area contributed by atoms with E-state index in [1.54, 1.807) is 23.4 Å². The molecule has 0 radical (unpaired) electrons. The topological polar surface area (TPSA) is 86.6 Å². The van der Waals surface area contributed by atoms with Crippen molar-refractivity contribution in [2.75, 3.05) is 36.8 Å². The fraction of sp³-hybridized carbons (Fsp3) is 0.524. The van der Waals surface area contributed by atoms with Crippen molar-refractivity contribution in [3.8, 4) is 17.1 Å². The molecule has 29 heavy (non-hydrogen) atoms. The summed E-state index contributed by atoms with van der Waals surface area (Å²) in [7, 11) is -3.17. The molecule has 1 aromatic carbocycles. The van der Waals surface area contributed by atoms with Crippen molar-refractivity contribution in [1.29, 1.82) is 0 Å². The van der Waals surface area contributed by atoms with E-state index in [9.17, 15) is 13.5 Å². The summed E-state index contributed by atoms with van der Waals surface area (Å²) >= 11 is 0. The van der Waals surface area contributed by atoms with E-state index in [-0.39, 0.29) is 11.5 Å². The molecule has 4 rings (SSSR count). The number of phenolic OH excluding ortho intramolecular Hbond substituents is 1. The van der Waals surface area contributed by atoms with E-state index in [4.69, 9.17) is 9.97 Å². The third-order valence-electron chi connectivity index (χ3n) is 5.94. The van der Waals surface area contributed by atoms with Gasteiger partial charge >= 0.3 is 0 Å². The minimum Gasteiger partial charge on any atom is -0.507 e. The number of anilines is 1. The first kappa shape index (κ1) is 20.1. The van der Waals surface area contributed by atoms with Crippen LogP contribution < -0.4 is 4.90 Å². The molecule has 0 spiro atoms. The summed E-state index contributed by atoms with van der Waals surface area (Å²) in [6.45, 7) is 6.08. The van der Waals surface area contributed by atoms with Crippen molar-refractivity contribution in [2.24, 2.45) is 5.92 Å². The number of benzene rings is 1. The highest BCUT2D eigenvalue weighted by molar-refractivity contribution is 7.89. The second-order valence-corrected chi connectivity index (χ2v) is 10.2. The third-order valence-corrected chi connectivity index (χ3v) is 7.82. The summed E-state index contributed by atoms with van der Waals surface area (Å²) in [5.41, 5.74) is 2.85. The number of para-hydroxylation sites is 1. The first-order valence-corrected chi connectivity index (χ1v) is 11.9. The molecule has 1 aliphatic carbocycles. The summed E-state index contributed by atoms with van der Waals surface area (Å²) in [6, 6.07) is 7.13. The largest absolute Gasteiger partial charge is 0.507 e. The smallest absolute Gasteiger partial charge is 0.213 e. The number of aromatic hydroxyl groups is 1. The van der Waals surface area contributed by atoms with Crippen molar-refractivity contribution >= 4 is 15.8 Å². The summed E-state index contributed by atoms with van der Waals surface area (Å²) in [4.78, 5) is 11.9. The van der Waals surface area contributed by atoms with Crippen LogP contribution in [0.4, 0.5) is 5.82 Å². The first-order valence-electron chi connectivity index (χ1n) is 10.3. The highest BCUT2D eigenvalue weighted by Crippen LogP contribution is 2.35. The molecule has 0 amide bonds. The van der Waals surface area contributed by atoms with Gasteiger partial charge in [-0.15, -0.1) is 0 Å². The molecule has 2 heterocycles. The molecule has 1 aliphatic heterocycles. The van der Waals surface area contributed by atoms with Crippen molar-refractivity contribution < 1.29 is 13.5 Å². The molecule has 2 aliphatic rings. The fourth-order valence-corrected chi connectivity index (χ4v) is 5.26. The van der Waals surface area contributed by atoms with E-state index in [1.165, 1.54) is 5.56 Å². The lowest BCUT2D eigenvalue weighted by Gasteiger charge is -2.36. The molecule has 1 N–H and O–H groups in total. The Balaban J connectivity index is 1.70. The second kappa shape index (κ2) is 7.91. The summed E-state index contributed by atoms with van der Waals surface area (Å²) in [5, 5.41) is 10.3. The number of fused-ring (bicyclic) bond motifs is 1. The quantitative estimate of drug-likeness (QED) is 0.824. The molecule has 8 heteroatoms. The molecule has 1 aromatic heterocycles. The van der Waals surface area contributed by atoms with Gasteiger partial charge in [-0.05, 0) is 44.2 Å². The van der Waals surface area contributed by atoms with E-state index in [2.05, 4.69) is 11.8 Å². The lowest BCUT2D eigenvalue weighted by molar-refractivity contribution is 0.383. The van der Waals surface area contributed by atoms with Crippen LogP contribution in [0.1, 0.15) is 31.5 Å². The third kappa shape index (κ3) is 3.96. The first-order chi connectivity index (χ1) is 13.9. The van der Waals surface area contributed by atoms with Crippen LogP contribution in [0.15, 0.2) is 24.3 Å². The van der Waals surface area contributed by atoms with Crippen molar-refractivity contribution in [1.82, 2.24) is 14.3 Å². The van der Waals surface area contributed by atoms with Crippen LogP contribution in [0.5, 0.6) is 5.75 Å². The van der Waals surface area contributed by atoms with Gasteiger partial charge in [-0.25, -0.2) is 18.4 Å². The van der Waals surface area contributed by atoms with Gasteiger partial charge in [0.05, 0.1) is 17.0 Å². The second-order valence-electron chi connectivity index (χ2n) is 7.95. The Bertz CT molecular complexity index is 1000. The molecule has 1 fully saturated rings. The average Bonchev–Trinajstić information content (AvgIpc) is 2.73. The van der Waals surface area contributed by atoms with Crippen LogP contribution in [0.3, 0.4) is 0 Å². The van der Waals surface area contributed by atoms with Crippen LogP contribution in [-0.4, -0.2) is 59.7 Å². The monoisotopic (exact) mass is 416 g/mol. The number of phenols is 1. The molecule has 2 aromatic rings. The van der Waals surface area contributed by atoms with Gasteiger partial charge in [-0.3, -0.25) is 0 Å². The number of hydrogen-bond acceptors (Lipinski definition) is 6. The predicted molar refractivity (Wildman–Crippen MR) is 114 cm³/mol. The Morgan fingerprint density at radius 2 is 1.86 bits per heavy atom. The van der Waals surface area contributed by atoms with Gasteiger partial charge in [-0.2, -0.15) is 4.31 Å². The molecule has 0 unspecified atom stereocenters. The van der Waals surface area contributed by atoms with E-state index < -0.39 is 10.0 Å². The maximum Gasteiger partial charge on any atom is 0.213 e. The van der Waals surface area contributed by atoms with Gasteiger partial charge in [0, 0.05) is 31.7 Å². The number of nitrogens with zero attached hydrogens (tertiary/aromatic N) is 4. The minimum absolute atomic E-state index is 0.130. The molecule has 0 bridgehead atoms. The van der Waals surface area contributed by atoms with Gasteiger partial charge in [0.2, 0.25) is 10.0 Å². The molecule has 0 saturated carbocycles. The van der Waals surface area contributed by atoms with Crippen molar-refractivity contribution in [3.05, 3.63) is 35.5 Å². The number of hydrogen-bond donors (Lipinski definition) is 1. The maximum absolute atomic E-state index is 12.2. The number of sulfonamides is 1. The number of rotatable bonds is 4. The van der Waals surface area contributed by atoms with Crippen molar-refractivity contribution in [3.63, 3.8) is 0 Å². The Kier molecular flexibility index (Phi) is 5.48. The Morgan fingerprint density at radius 3 is 2.55 bits per heavy atom. The van der Waals surface area contributed by atoms with E-state index >= 15 is 0 Å². The minimum atomic E-state index is -3.17. The van der Waals surface area contributed by atoms with E-state index in [0.717, 1.165) is 30.8 Å². The Morgan fingerprint density at radius 1 is 1.14 bits per heavy atom. The normalized spacial score (nSPS) is 20.5. The summed E-state index contributed by atoms with van der Waals surface area (Å²) in [5.74, 6) is 2.30. The maximum atomic E-state index is 12.2. The van der Waals surface area contributed by atoms with Gasteiger partial charge in [0.25, 0.3) is 0 Å². The van der Waals surface area contributed by atoms with E-state index in [1.807, 2.05) is 12.1 Å². The molecule has 1 saturated heterocycles. The highest BCUT2D eigenvalue weighted by atomic mass is 32.2. The van der Waals surface area contributed by atoms with Crippen LogP contribution in [0.25, 0.3) is 11.4 Å². The molecular weight excluding hydrogens is 388 g/mol. The Labute approximate surface area is 172 Å². The highest BCUT2D eigenvalue weighted by Gasteiger charge is 2.30. The lowest BCUT2D eigenvalue weighted by atomic mass is 9.88. The molecule has 156 valence electrons. The average molecular weight is 417 g/mol. The van der Waals surface area contributed by atoms with Crippen LogP contribution in [0, 0.1) is 5.92 Å². The Hall–Kier alpha value is -2.19. The van der Waals surface area contributed by atoms with Crippen LogP contribution in [0.2, 0.25) is 0 Å². The zero-order valence-corrected chi connectivity index (χ0v) is 17.8. The predicted octanol–water partition coefficient (Wildman–Crippen LogP) is 2.45. The van der Waals surface area contributed by atoms with Gasteiger partial charge in [-0.1, -0.05) is 19.1 Å². The fourth-order valence-electron chi connectivity index (χ4n) is 4.17. The lowest BCUT2D eigenvalue weighted by Crippen LogP contribution is -2.49. The zero-order chi connectivity index (χ0) is 20.6. The SMILES string of the molecule is CCS(=O)(=O)N1CCN(c2nc(-c3ccccc3O)nc3c2CC[C@@H](C)C3)CC1. The van der Waals surface area contributed by atoms with E-state index in [0.29, 0.717) is 43.5 Å². The van der Waals surface area contributed by atoms with Gasteiger partial charge < -0.3 is 10.0 Å². The van der Waals surface area contributed by atoms with Crippen LogP contribution in [-0.2, 0) is 22.9 Å². The van der Waals surface area contributed by atoms with Gasteiger partial charge in [0.1, 0.15) is 11.6 Å². The zero-order valence-electron chi connectivity index (χ0n) is 17.0. The summed E-state index contributed by atoms with van der Waals surface area (Å²) in [6.07, 6.45) is 2.93. The van der Waals surface area contributed by atoms with Crippen molar-refractivity contribution in [2.45, 2.75) is 33.1 Å². The number of piperazine rings is 1. The number of aromatic nitrogens is 2. The molecule has 1 atom stereocenters. The standard InChI is InChI=1S/C21H28N4O3S/c1-3-29(27,28)25-12-10-24(11-13-25)21-16-9-8-15(2)14-18(16)22-20(23-21)17-6-4-5-7-19(17)26/h4-7,15,26H,3,8-14H2,1-2H3/t15-/m1/s1. The van der Waals surface area contributed by atoms with Gasteiger partial charge in [0.15, 0.2) is 5.82 Å².